The fourth-order valence-electron chi connectivity index (χ4n) is 2.56. The van der Waals surface area contributed by atoms with Crippen LogP contribution in [0.25, 0.3) is 0 Å². The minimum absolute atomic E-state index is 0.00584. The van der Waals surface area contributed by atoms with Gasteiger partial charge in [0, 0.05) is 16.9 Å². The summed E-state index contributed by atoms with van der Waals surface area (Å²) in [5, 5.41) is 12.8. The zero-order valence-corrected chi connectivity index (χ0v) is 11.9. The molecule has 0 aliphatic carbocycles. The van der Waals surface area contributed by atoms with Crippen molar-refractivity contribution in [2.45, 2.75) is 23.3 Å². The normalized spacial score (nSPS) is 24.9. The minimum atomic E-state index is -3.25. The van der Waals surface area contributed by atoms with Crippen LogP contribution >= 0.6 is 11.3 Å². The molecule has 0 bridgehead atoms. The third kappa shape index (κ3) is 2.22. The summed E-state index contributed by atoms with van der Waals surface area (Å²) < 4.78 is 24.1. The zero-order chi connectivity index (χ0) is 13.5. The summed E-state index contributed by atoms with van der Waals surface area (Å²) >= 11 is 1.58. The average Bonchev–Trinajstić information content (AvgIpc) is 2.88. The van der Waals surface area contributed by atoms with E-state index in [-0.39, 0.29) is 17.1 Å². The molecule has 0 radical (unpaired) electrons. The molecule has 2 aromatic rings. The van der Waals surface area contributed by atoms with Crippen LogP contribution in [0.3, 0.4) is 0 Å². The van der Waals surface area contributed by atoms with E-state index in [0.717, 1.165) is 4.88 Å². The van der Waals surface area contributed by atoms with Gasteiger partial charge in [0.25, 0.3) is 0 Å². The van der Waals surface area contributed by atoms with E-state index in [9.17, 15) is 13.5 Å². The molecule has 1 aromatic heterocycles. The number of hydrogen-bond donors (Lipinski definition) is 1. The van der Waals surface area contributed by atoms with Crippen molar-refractivity contribution >= 4 is 21.2 Å². The highest BCUT2D eigenvalue weighted by Crippen LogP contribution is 2.39. The van der Waals surface area contributed by atoms with Crippen molar-refractivity contribution in [1.29, 1.82) is 0 Å². The van der Waals surface area contributed by atoms with Gasteiger partial charge in [0.2, 0.25) is 0 Å². The van der Waals surface area contributed by atoms with Gasteiger partial charge in [-0.1, -0.05) is 24.3 Å². The van der Waals surface area contributed by atoms with Crippen LogP contribution in [0.2, 0.25) is 0 Å². The summed E-state index contributed by atoms with van der Waals surface area (Å²) in [5.41, 5.74) is -0.540. The lowest BCUT2D eigenvalue weighted by Crippen LogP contribution is -2.37. The molecule has 0 saturated carbocycles. The molecule has 1 atom stereocenters. The van der Waals surface area contributed by atoms with Gasteiger partial charge >= 0.3 is 0 Å². The Labute approximate surface area is 116 Å². The Bertz CT molecular complexity index is 689. The predicted octanol–water partition coefficient (Wildman–Crippen LogP) is 2.36. The molecule has 0 fully saturated rings. The molecule has 0 spiro atoms. The van der Waals surface area contributed by atoms with Gasteiger partial charge in [0.1, 0.15) is 0 Å². The van der Waals surface area contributed by atoms with E-state index in [1.54, 1.807) is 35.6 Å². The summed E-state index contributed by atoms with van der Waals surface area (Å²) in [4.78, 5) is 1.34. The van der Waals surface area contributed by atoms with Crippen LogP contribution in [-0.4, -0.2) is 19.3 Å². The molecule has 100 valence electrons. The van der Waals surface area contributed by atoms with E-state index in [1.807, 2.05) is 17.5 Å². The first-order valence-electron chi connectivity index (χ1n) is 6.08. The first-order valence-corrected chi connectivity index (χ1v) is 8.61. The number of aliphatic hydroxyl groups is 1. The summed E-state index contributed by atoms with van der Waals surface area (Å²) in [6, 6.07) is 10.7. The largest absolute Gasteiger partial charge is 0.385 e. The quantitative estimate of drug-likeness (QED) is 0.925. The second-order valence-electron chi connectivity index (χ2n) is 4.85. The minimum Gasteiger partial charge on any atom is -0.385 e. The number of rotatable bonds is 2. The lowest BCUT2D eigenvalue weighted by molar-refractivity contribution is 0.0291. The lowest BCUT2D eigenvalue weighted by Gasteiger charge is -2.34. The molecule has 0 amide bonds. The van der Waals surface area contributed by atoms with Gasteiger partial charge in [-0.15, -0.1) is 11.3 Å². The number of hydrogen-bond acceptors (Lipinski definition) is 4. The monoisotopic (exact) mass is 294 g/mol. The summed E-state index contributed by atoms with van der Waals surface area (Å²) in [6.45, 7) is 0. The standard InChI is InChI=1S/C14H14O3S2/c15-14(10-11-4-3-8-18-11)7-9-19(16,17)13-6-2-1-5-12(13)14/h1-6,8,15H,7,9-10H2. The smallest absolute Gasteiger partial charge is 0.178 e. The number of benzene rings is 1. The van der Waals surface area contributed by atoms with E-state index >= 15 is 0 Å². The maximum Gasteiger partial charge on any atom is 0.178 e. The first kappa shape index (κ1) is 12.8. The molecule has 1 N–H and O–H groups in total. The molecular formula is C14H14O3S2. The summed E-state index contributed by atoms with van der Waals surface area (Å²) in [7, 11) is -3.25. The Morgan fingerprint density at radius 2 is 2.00 bits per heavy atom. The van der Waals surface area contributed by atoms with Crippen molar-refractivity contribution in [2.75, 3.05) is 5.75 Å². The van der Waals surface area contributed by atoms with Crippen LogP contribution < -0.4 is 0 Å². The van der Waals surface area contributed by atoms with E-state index in [4.69, 9.17) is 0 Å². The van der Waals surface area contributed by atoms with E-state index < -0.39 is 15.4 Å². The van der Waals surface area contributed by atoms with Crippen LogP contribution in [0, 0.1) is 0 Å². The van der Waals surface area contributed by atoms with Gasteiger partial charge in [-0.3, -0.25) is 0 Å². The van der Waals surface area contributed by atoms with E-state index in [0.29, 0.717) is 12.0 Å². The third-order valence-electron chi connectivity index (χ3n) is 3.55. The van der Waals surface area contributed by atoms with Gasteiger partial charge in [0.15, 0.2) is 9.84 Å². The Morgan fingerprint density at radius 1 is 1.21 bits per heavy atom. The van der Waals surface area contributed by atoms with Crippen molar-refractivity contribution in [3.63, 3.8) is 0 Å². The molecular weight excluding hydrogens is 280 g/mol. The van der Waals surface area contributed by atoms with Crippen LogP contribution in [0.15, 0.2) is 46.7 Å². The average molecular weight is 294 g/mol. The Kier molecular flexibility index (Phi) is 3.00. The van der Waals surface area contributed by atoms with Crippen molar-refractivity contribution in [3.8, 4) is 0 Å². The topological polar surface area (TPSA) is 54.4 Å². The molecule has 1 unspecified atom stereocenters. The lowest BCUT2D eigenvalue weighted by atomic mass is 9.87. The Hall–Kier alpha value is -1.17. The molecule has 3 rings (SSSR count). The van der Waals surface area contributed by atoms with Gasteiger partial charge < -0.3 is 5.11 Å². The molecule has 1 aliphatic rings. The molecule has 5 heteroatoms. The van der Waals surface area contributed by atoms with Crippen molar-refractivity contribution in [1.82, 2.24) is 0 Å². The second-order valence-corrected chi connectivity index (χ2v) is 7.96. The first-order chi connectivity index (χ1) is 9.01. The van der Waals surface area contributed by atoms with Crippen LogP contribution in [0.5, 0.6) is 0 Å². The van der Waals surface area contributed by atoms with Gasteiger partial charge in [-0.05, 0) is 23.9 Å². The second kappa shape index (κ2) is 4.44. The van der Waals surface area contributed by atoms with Crippen LogP contribution in [0.4, 0.5) is 0 Å². The Morgan fingerprint density at radius 3 is 2.74 bits per heavy atom. The van der Waals surface area contributed by atoms with E-state index in [1.165, 1.54) is 0 Å². The van der Waals surface area contributed by atoms with Crippen LogP contribution in [-0.2, 0) is 21.9 Å². The van der Waals surface area contributed by atoms with E-state index in [2.05, 4.69) is 0 Å². The number of fused-ring (bicyclic) bond motifs is 1. The molecule has 3 nitrogen and oxygen atoms in total. The van der Waals surface area contributed by atoms with Gasteiger partial charge in [-0.25, -0.2) is 8.42 Å². The zero-order valence-electron chi connectivity index (χ0n) is 10.2. The van der Waals surface area contributed by atoms with Gasteiger partial charge in [-0.2, -0.15) is 0 Å². The SMILES string of the molecule is O=S1(=O)CCC(O)(Cc2cccs2)c2ccccc21. The maximum absolute atomic E-state index is 12.1. The fourth-order valence-corrected chi connectivity index (χ4v) is 5.07. The highest BCUT2D eigenvalue weighted by Gasteiger charge is 2.40. The molecule has 19 heavy (non-hydrogen) atoms. The molecule has 2 heterocycles. The molecule has 1 aliphatic heterocycles. The van der Waals surface area contributed by atoms with Crippen LogP contribution in [0.1, 0.15) is 16.9 Å². The predicted molar refractivity (Wildman–Crippen MR) is 75.0 cm³/mol. The van der Waals surface area contributed by atoms with Gasteiger partial charge in [0.05, 0.1) is 16.2 Å². The number of thiophene rings is 1. The Balaban J connectivity index is 2.09. The summed E-state index contributed by atoms with van der Waals surface area (Å²) in [5.74, 6) is 0.00584. The molecule has 1 aromatic carbocycles. The maximum atomic E-state index is 12.1. The van der Waals surface area contributed by atoms with Crippen molar-refractivity contribution in [3.05, 3.63) is 52.2 Å². The third-order valence-corrected chi connectivity index (χ3v) is 6.20. The van der Waals surface area contributed by atoms with Crippen molar-refractivity contribution < 1.29 is 13.5 Å². The number of sulfone groups is 1. The molecule has 0 saturated heterocycles. The highest BCUT2D eigenvalue weighted by atomic mass is 32.2. The van der Waals surface area contributed by atoms with Crippen molar-refractivity contribution in [2.24, 2.45) is 0 Å². The fraction of sp³-hybridized carbons (Fsp3) is 0.286. The highest BCUT2D eigenvalue weighted by molar-refractivity contribution is 7.91. The summed E-state index contributed by atoms with van der Waals surface area (Å²) in [6.07, 6.45) is 0.724.